The molecule has 0 radical (unpaired) electrons. The van der Waals surface area contributed by atoms with Crippen LogP contribution in [0.15, 0.2) is 24.3 Å². The number of aryl methyl sites for hydroxylation is 1. The molecule has 0 aromatic heterocycles. The molecule has 0 unspecified atom stereocenters. The normalized spacial score (nSPS) is 21.3. The minimum Gasteiger partial charge on any atom is -0.371 e. The van der Waals surface area contributed by atoms with Crippen LogP contribution in [0.4, 0.5) is 5.69 Å². The van der Waals surface area contributed by atoms with Crippen molar-refractivity contribution in [3.05, 3.63) is 29.8 Å². The smallest absolute Gasteiger partial charge is 0.221 e. The van der Waals surface area contributed by atoms with Crippen LogP contribution in [0.1, 0.15) is 37.7 Å². The van der Waals surface area contributed by atoms with Gasteiger partial charge >= 0.3 is 0 Å². The highest BCUT2D eigenvalue weighted by Crippen LogP contribution is 2.26. The van der Waals surface area contributed by atoms with Gasteiger partial charge in [0.2, 0.25) is 5.91 Å². The third kappa shape index (κ3) is 4.25. The van der Waals surface area contributed by atoms with Gasteiger partial charge in [0, 0.05) is 37.8 Å². The van der Waals surface area contributed by atoms with Crippen molar-refractivity contribution in [2.75, 3.05) is 38.1 Å². The SMILES string of the molecule is CN1CCC[C@@H]1CC(=O)NCCCN1CCCc2ccccc21. The lowest BCUT2D eigenvalue weighted by atomic mass is 10.0. The number of likely N-dealkylation sites (tertiary alicyclic amines) is 1. The zero-order valence-corrected chi connectivity index (χ0v) is 14.3. The Kier molecular flexibility index (Phi) is 5.55. The van der Waals surface area contributed by atoms with E-state index in [4.69, 9.17) is 0 Å². The molecule has 3 rings (SSSR count). The Hall–Kier alpha value is -1.55. The van der Waals surface area contributed by atoms with Crippen LogP contribution in [-0.2, 0) is 11.2 Å². The minimum absolute atomic E-state index is 0.211. The predicted molar refractivity (Wildman–Crippen MR) is 94.9 cm³/mol. The first kappa shape index (κ1) is 16.3. The Morgan fingerprint density at radius 1 is 1.26 bits per heavy atom. The molecule has 1 saturated heterocycles. The number of nitrogens with one attached hydrogen (secondary N) is 1. The Balaban J connectivity index is 1.38. The zero-order chi connectivity index (χ0) is 16.1. The molecule has 2 aliphatic rings. The predicted octanol–water partition coefficient (Wildman–Crippen LogP) is 2.43. The fourth-order valence-corrected chi connectivity index (χ4v) is 3.86. The van der Waals surface area contributed by atoms with Crippen LogP contribution in [-0.4, -0.2) is 50.1 Å². The number of nitrogens with zero attached hydrogens (tertiary/aromatic N) is 2. The van der Waals surface area contributed by atoms with Crippen molar-refractivity contribution in [2.24, 2.45) is 0 Å². The van der Waals surface area contributed by atoms with Gasteiger partial charge < -0.3 is 15.1 Å². The molecule has 0 spiro atoms. The van der Waals surface area contributed by atoms with Gasteiger partial charge in [-0.2, -0.15) is 0 Å². The van der Waals surface area contributed by atoms with Crippen molar-refractivity contribution in [3.8, 4) is 0 Å². The third-order valence-corrected chi connectivity index (χ3v) is 5.23. The molecule has 1 aromatic rings. The molecule has 2 heterocycles. The van der Waals surface area contributed by atoms with Crippen molar-refractivity contribution in [2.45, 2.75) is 44.6 Å². The quantitative estimate of drug-likeness (QED) is 0.819. The first-order valence-electron chi connectivity index (χ1n) is 9.04. The van der Waals surface area contributed by atoms with E-state index in [0.717, 1.165) is 39.0 Å². The summed E-state index contributed by atoms with van der Waals surface area (Å²) in [5.41, 5.74) is 2.85. The standard InChI is InChI=1S/C19H29N3O/c1-21-12-5-9-17(21)15-19(23)20-11-6-14-22-13-4-8-16-7-2-3-10-18(16)22/h2-3,7,10,17H,4-6,8-9,11-15H2,1H3,(H,20,23)/t17-/m1/s1. The number of hydrogen-bond acceptors (Lipinski definition) is 3. The summed E-state index contributed by atoms with van der Waals surface area (Å²) in [4.78, 5) is 16.8. The van der Waals surface area contributed by atoms with Gasteiger partial charge in [-0.05, 0) is 57.3 Å². The van der Waals surface area contributed by atoms with Gasteiger partial charge in [-0.15, -0.1) is 0 Å². The number of fused-ring (bicyclic) bond motifs is 1. The third-order valence-electron chi connectivity index (χ3n) is 5.23. The van der Waals surface area contributed by atoms with Crippen LogP contribution in [0, 0.1) is 0 Å². The van der Waals surface area contributed by atoms with Crippen LogP contribution in [0.3, 0.4) is 0 Å². The highest BCUT2D eigenvalue weighted by molar-refractivity contribution is 5.76. The number of amides is 1. The number of anilines is 1. The average Bonchev–Trinajstić information content (AvgIpc) is 2.96. The van der Waals surface area contributed by atoms with Crippen molar-refractivity contribution >= 4 is 11.6 Å². The molecule has 1 aromatic carbocycles. The Labute approximate surface area is 139 Å². The minimum atomic E-state index is 0.211. The summed E-state index contributed by atoms with van der Waals surface area (Å²) in [5, 5.41) is 3.10. The molecule has 1 amide bonds. The van der Waals surface area contributed by atoms with Gasteiger partial charge in [-0.3, -0.25) is 4.79 Å². The molecule has 4 heteroatoms. The van der Waals surface area contributed by atoms with E-state index in [2.05, 4.69) is 46.4 Å². The van der Waals surface area contributed by atoms with Crippen LogP contribution < -0.4 is 10.2 Å². The second-order valence-electron chi connectivity index (χ2n) is 6.90. The summed E-state index contributed by atoms with van der Waals surface area (Å²) in [6.45, 7) is 4.08. The molecule has 4 nitrogen and oxygen atoms in total. The molecular weight excluding hydrogens is 286 g/mol. The van der Waals surface area contributed by atoms with Crippen molar-refractivity contribution in [3.63, 3.8) is 0 Å². The summed E-state index contributed by atoms with van der Waals surface area (Å²) in [7, 11) is 2.12. The van der Waals surface area contributed by atoms with Gasteiger partial charge in [0.1, 0.15) is 0 Å². The van der Waals surface area contributed by atoms with Crippen molar-refractivity contribution < 1.29 is 4.79 Å². The van der Waals surface area contributed by atoms with Gasteiger partial charge in [0.25, 0.3) is 0 Å². The Morgan fingerprint density at radius 3 is 2.96 bits per heavy atom. The molecule has 1 atom stereocenters. The largest absolute Gasteiger partial charge is 0.371 e. The number of carbonyl (C=O) groups excluding carboxylic acids is 1. The fourth-order valence-electron chi connectivity index (χ4n) is 3.86. The number of benzene rings is 1. The lowest BCUT2D eigenvalue weighted by Crippen LogP contribution is -2.35. The second-order valence-corrected chi connectivity index (χ2v) is 6.90. The van der Waals surface area contributed by atoms with Crippen molar-refractivity contribution in [1.82, 2.24) is 10.2 Å². The number of carbonyl (C=O) groups is 1. The molecule has 0 saturated carbocycles. The molecule has 126 valence electrons. The van der Waals surface area contributed by atoms with Crippen LogP contribution >= 0.6 is 0 Å². The van der Waals surface area contributed by atoms with E-state index in [0.29, 0.717) is 12.5 Å². The maximum Gasteiger partial charge on any atom is 0.221 e. The Morgan fingerprint density at radius 2 is 2.13 bits per heavy atom. The van der Waals surface area contributed by atoms with E-state index < -0.39 is 0 Å². The number of hydrogen-bond donors (Lipinski definition) is 1. The van der Waals surface area contributed by atoms with Crippen LogP contribution in [0.2, 0.25) is 0 Å². The van der Waals surface area contributed by atoms with Gasteiger partial charge in [0.15, 0.2) is 0 Å². The van der Waals surface area contributed by atoms with Crippen molar-refractivity contribution in [1.29, 1.82) is 0 Å². The fraction of sp³-hybridized carbons (Fsp3) is 0.632. The van der Waals surface area contributed by atoms with E-state index >= 15 is 0 Å². The molecule has 0 bridgehead atoms. The maximum atomic E-state index is 12.0. The number of rotatable bonds is 6. The highest BCUT2D eigenvalue weighted by atomic mass is 16.1. The van der Waals surface area contributed by atoms with E-state index in [1.165, 1.54) is 30.5 Å². The lowest BCUT2D eigenvalue weighted by molar-refractivity contribution is -0.122. The average molecular weight is 315 g/mol. The molecule has 1 fully saturated rings. The topological polar surface area (TPSA) is 35.6 Å². The highest BCUT2D eigenvalue weighted by Gasteiger charge is 2.23. The van der Waals surface area contributed by atoms with E-state index in [1.54, 1.807) is 0 Å². The molecule has 0 aliphatic carbocycles. The number of para-hydroxylation sites is 1. The monoisotopic (exact) mass is 315 g/mol. The van der Waals surface area contributed by atoms with E-state index in [9.17, 15) is 4.79 Å². The van der Waals surface area contributed by atoms with Crippen LogP contribution in [0.5, 0.6) is 0 Å². The zero-order valence-electron chi connectivity index (χ0n) is 14.3. The Bertz CT molecular complexity index is 531. The lowest BCUT2D eigenvalue weighted by Gasteiger charge is -2.31. The molecular formula is C19H29N3O. The summed E-state index contributed by atoms with van der Waals surface area (Å²) in [6.07, 6.45) is 6.48. The summed E-state index contributed by atoms with van der Waals surface area (Å²) in [5.74, 6) is 0.211. The molecule has 2 aliphatic heterocycles. The molecule has 23 heavy (non-hydrogen) atoms. The van der Waals surface area contributed by atoms with Crippen LogP contribution in [0.25, 0.3) is 0 Å². The van der Waals surface area contributed by atoms with E-state index in [1.807, 2.05) is 0 Å². The maximum absolute atomic E-state index is 12.0. The van der Waals surface area contributed by atoms with Gasteiger partial charge in [-0.1, -0.05) is 18.2 Å². The first-order chi connectivity index (χ1) is 11.2. The summed E-state index contributed by atoms with van der Waals surface area (Å²) in [6, 6.07) is 9.16. The van der Waals surface area contributed by atoms with Gasteiger partial charge in [0.05, 0.1) is 0 Å². The van der Waals surface area contributed by atoms with E-state index in [-0.39, 0.29) is 5.91 Å². The van der Waals surface area contributed by atoms with Gasteiger partial charge in [-0.25, -0.2) is 0 Å². The second kappa shape index (κ2) is 7.82. The molecule has 1 N–H and O–H groups in total. The first-order valence-corrected chi connectivity index (χ1v) is 9.04. The summed E-state index contributed by atoms with van der Waals surface area (Å²) >= 11 is 0. The summed E-state index contributed by atoms with van der Waals surface area (Å²) < 4.78 is 0.